The van der Waals surface area contributed by atoms with E-state index in [4.69, 9.17) is 0 Å². The van der Waals surface area contributed by atoms with Gasteiger partial charge in [-0.2, -0.15) is 0 Å². The highest BCUT2D eigenvalue weighted by Crippen LogP contribution is 2.23. The maximum atomic E-state index is 12.3. The highest BCUT2D eigenvalue weighted by molar-refractivity contribution is 5.73. The number of nitrogens with zero attached hydrogens (tertiary/aromatic N) is 3. The number of rotatable bonds is 10. The molecule has 2 aromatic carbocycles. The van der Waals surface area contributed by atoms with Crippen LogP contribution in [0.4, 0.5) is 13.2 Å². The van der Waals surface area contributed by atoms with Crippen molar-refractivity contribution in [1.82, 2.24) is 20.3 Å². The smallest absolute Gasteiger partial charge is 0.406 e. The number of halogens is 3. The third-order valence-corrected chi connectivity index (χ3v) is 5.23. The number of alkyl halides is 3. The summed E-state index contributed by atoms with van der Waals surface area (Å²) in [4.78, 5) is 11.4. The van der Waals surface area contributed by atoms with E-state index >= 15 is 0 Å². The standard InChI is InChI=1S/C23H25F3N4O4/c1-16(33)27-22(14-31,15-32)11-10-17-2-6-19(7-3-17)21-13-30(29-28-21)12-18-4-8-20(9-5-18)34-23(24,25)26/h2-9,13,31-32H,10-12,14-15H2,1H3,(H,27,33). The van der Waals surface area contributed by atoms with Gasteiger partial charge in [-0.05, 0) is 36.1 Å². The summed E-state index contributed by atoms with van der Waals surface area (Å²) < 4.78 is 42.3. The zero-order chi connectivity index (χ0) is 24.8. The summed E-state index contributed by atoms with van der Waals surface area (Å²) in [6.45, 7) is 0.912. The van der Waals surface area contributed by atoms with Gasteiger partial charge >= 0.3 is 6.36 Å². The second-order valence-electron chi connectivity index (χ2n) is 7.97. The van der Waals surface area contributed by atoms with E-state index in [1.165, 1.54) is 31.2 Å². The van der Waals surface area contributed by atoms with Gasteiger partial charge in [0.15, 0.2) is 0 Å². The number of ether oxygens (including phenoxy) is 1. The number of aromatic nitrogens is 3. The van der Waals surface area contributed by atoms with Crippen molar-refractivity contribution in [2.45, 2.75) is 38.2 Å². The fourth-order valence-electron chi connectivity index (χ4n) is 3.44. The molecule has 0 atom stereocenters. The number of amides is 1. The van der Waals surface area contributed by atoms with Crippen LogP contribution in [0.3, 0.4) is 0 Å². The van der Waals surface area contributed by atoms with Crippen LogP contribution in [0.1, 0.15) is 24.5 Å². The van der Waals surface area contributed by atoms with Gasteiger partial charge < -0.3 is 20.3 Å². The van der Waals surface area contributed by atoms with Crippen molar-refractivity contribution in [1.29, 1.82) is 0 Å². The van der Waals surface area contributed by atoms with Gasteiger partial charge in [-0.1, -0.05) is 41.6 Å². The Kier molecular flexibility index (Phi) is 7.90. The number of carbonyl (C=O) groups is 1. The van der Waals surface area contributed by atoms with Crippen molar-refractivity contribution in [3.63, 3.8) is 0 Å². The molecule has 0 bridgehead atoms. The van der Waals surface area contributed by atoms with E-state index < -0.39 is 11.9 Å². The van der Waals surface area contributed by atoms with E-state index in [9.17, 15) is 28.2 Å². The van der Waals surface area contributed by atoms with Crippen LogP contribution in [-0.4, -0.2) is 56.2 Å². The Morgan fingerprint density at radius 2 is 1.65 bits per heavy atom. The van der Waals surface area contributed by atoms with Crippen LogP contribution in [-0.2, 0) is 17.8 Å². The van der Waals surface area contributed by atoms with Crippen LogP contribution < -0.4 is 10.1 Å². The van der Waals surface area contributed by atoms with Crippen molar-refractivity contribution in [2.24, 2.45) is 0 Å². The van der Waals surface area contributed by atoms with E-state index in [-0.39, 0.29) is 24.9 Å². The topological polar surface area (TPSA) is 110 Å². The van der Waals surface area contributed by atoms with Crippen molar-refractivity contribution in [2.75, 3.05) is 13.2 Å². The van der Waals surface area contributed by atoms with Crippen molar-refractivity contribution in [3.05, 3.63) is 65.9 Å². The lowest BCUT2D eigenvalue weighted by atomic mass is 9.92. The molecule has 0 aliphatic heterocycles. The summed E-state index contributed by atoms with van der Waals surface area (Å²) in [5.41, 5.74) is 2.05. The van der Waals surface area contributed by atoms with Gasteiger partial charge in [-0.15, -0.1) is 18.3 Å². The van der Waals surface area contributed by atoms with Crippen molar-refractivity contribution >= 4 is 5.91 Å². The highest BCUT2D eigenvalue weighted by Gasteiger charge is 2.31. The number of hydrogen-bond donors (Lipinski definition) is 3. The number of aryl methyl sites for hydroxylation is 1. The summed E-state index contributed by atoms with van der Waals surface area (Å²) in [7, 11) is 0. The van der Waals surface area contributed by atoms with Crippen LogP contribution in [0.2, 0.25) is 0 Å². The molecule has 3 rings (SSSR count). The summed E-state index contributed by atoms with van der Waals surface area (Å²) in [6, 6.07) is 13.0. The Balaban J connectivity index is 1.61. The highest BCUT2D eigenvalue weighted by atomic mass is 19.4. The van der Waals surface area contributed by atoms with E-state index in [0.29, 0.717) is 25.1 Å². The van der Waals surface area contributed by atoms with Gasteiger partial charge in [0.2, 0.25) is 5.91 Å². The molecule has 1 amide bonds. The first-order chi connectivity index (χ1) is 16.1. The number of nitrogens with one attached hydrogen (secondary N) is 1. The molecule has 0 fully saturated rings. The zero-order valence-electron chi connectivity index (χ0n) is 18.4. The Morgan fingerprint density at radius 1 is 1.03 bits per heavy atom. The summed E-state index contributed by atoms with van der Waals surface area (Å²) in [5, 5.41) is 30.1. The van der Waals surface area contributed by atoms with Gasteiger partial charge in [0, 0.05) is 12.5 Å². The molecule has 11 heteroatoms. The van der Waals surface area contributed by atoms with Gasteiger partial charge in [0.1, 0.15) is 11.4 Å². The van der Waals surface area contributed by atoms with Gasteiger partial charge in [-0.3, -0.25) is 4.79 Å². The monoisotopic (exact) mass is 478 g/mol. The molecule has 3 N–H and O–H groups in total. The summed E-state index contributed by atoms with van der Waals surface area (Å²) in [6.07, 6.45) is -2.11. The van der Waals surface area contributed by atoms with E-state index in [2.05, 4.69) is 20.4 Å². The molecular formula is C23H25F3N4O4. The van der Waals surface area contributed by atoms with Gasteiger partial charge in [0.25, 0.3) is 0 Å². The average Bonchev–Trinajstić information content (AvgIpc) is 3.25. The first kappa shape index (κ1) is 25.2. The first-order valence-corrected chi connectivity index (χ1v) is 10.5. The molecule has 0 saturated carbocycles. The molecule has 1 aromatic heterocycles. The minimum atomic E-state index is -4.73. The van der Waals surface area contributed by atoms with E-state index in [1.807, 2.05) is 24.3 Å². The molecule has 0 radical (unpaired) electrons. The number of carbonyl (C=O) groups excluding carboxylic acids is 1. The van der Waals surface area contributed by atoms with E-state index in [0.717, 1.165) is 16.7 Å². The van der Waals surface area contributed by atoms with Gasteiger partial charge in [0.05, 0.1) is 31.5 Å². The Labute approximate surface area is 194 Å². The largest absolute Gasteiger partial charge is 0.573 e. The third kappa shape index (κ3) is 7.03. The molecular weight excluding hydrogens is 453 g/mol. The van der Waals surface area contributed by atoms with Crippen molar-refractivity contribution in [3.8, 4) is 17.0 Å². The molecule has 0 unspecified atom stereocenters. The van der Waals surface area contributed by atoms with Crippen LogP contribution in [0, 0.1) is 0 Å². The number of aliphatic hydroxyl groups excluding tert-OH is 2. The Hall–Kier alpha value is -3.44. The first-order valence-electron chi connectivity index (χ1n) is 10.5. The minimum Gasteiger partial charge on any atom is -0.406 e. The lowest BCUT2D eigenvalue weighted by molar-refractivity contribution is -0.274. The van der Waals surface area contributed by atoms with Crippen LogP contribution in [0.25, 0.3) is 11.3 Å². The maximum absolute atomic E-state index is 12.3. The fourth-order valence-corrected chi connectivity index (χ4v) is 3.44. The molecule has 8 nitrogen and oxygen atoms in total. The molecule has 0 saturated heterocycles. The molecule has 34 heavy (non-hydrogen) atoms. The quantitative estimate of drug-likeness (QED) is 0.414. The number of benzene rings is 2. The Morgan fingerprint density at radius 3 is 2.21 bits per heavy atom. The molecule has 0 aliphatic rings. The van der Waals surface area contributed by atoms with E-state index in [1.54, 1.807) is 10.9 Å². The molecule has 1 heterocycles. The predicted octanol–water partition coefficient (Wildman–Crippen LogP) is 2.68. The SMILES string of the molecule is CC(=O)NC(CO)(CO)CCc1ccc(-c2cn(Cc3ccc(OC(F)(F)F)cc3)nn2)cc1. The summed E-state index contributed by atoms with van der Waals surface area (Å²) >= 11 is 0. The maximum Gasteiger partial charge on any atom is 0.573 e. The average molecular weight is 478 g/mol. The molecule has 3 aromatic rings. The predicted molar refractivity (Wildman–Crippen MR) is 117 cm³/mol. The second-order valence-corrected chi connectivity index (χ2v) is 7.97. The Bertz CT molecular complexity index is 1080. The third-order valence-electron chi connectivity index (χ3n) is 5.23. The lowest BCUT2D eigenvalue weighted by Gasteiger charge is -2.30. The van der Waals surface area contributed by atoms with Crippen molar-refractivity contribution < 1.29 is 32.9 Å². The fraction of sp³-hybridized carbons (Fsp3) is 0.348. The number of aliphatic hydroxyl groups is 2. The summed E-state index contributed by atoms with van der Waals surface area (Å²) in [5.74, 6) is -0.616. The minimum absolute atomic E-state index is 0.289. The van der Waals surface area contributed by atoms with Crippen LogP contribution in [0.15, 0.2) is 54.7 Å². The lowest BCUT2D eigenvalue weighted by Crippen LogP contribution is -2.53. The van der Waals surface area contributed by atoms with Gasteiger partial charge in [-0.25, -0.2) is 4.68 Å². The second kappa shape index (κ2) is 10.7. The zero-order valence-corrected chi connectivity index (χ0v) is 18.4. The molecule has 0 aliphatic carbocycles. The molecule has 0 spiro atoms. The van der Waals surface area contributed by atoms with Crippen LogP contribution >= 0.6 is 0 Å². The number of hydrogen-bond acceptors (Lipinski definition) is 6. The normalized spacial score (nSPS) is 11.9. The molecule has 182 valence electrons. The van der Waals surface area contributed by atoms with Crippen LogP contribution in [0.5, 0.6) is 5.75 Å².